The number of ether oxygens (including phenoxy) is 1. The van der Waals surface area contributed by atoms with Crippen LogP contribution in [0, 0.1) is 0 Å². The molecule has 2 nitrogen and oxygen atoms in total. The summed E-state index contributed by atoms with van der Waals surface area (Å²) in [6.45, 7) is 0.559. The van der Waals surface area contributed by atoms with Gasteiger partial charge in [0.2, 0.25) is 0 Å². The van der Waals surface area contributed by atoms with E-state index in [2.05, 4.69) is 0 Å². The lowest BCUT2D eigenvalue weighted by Gasteiger charge is -2.09. The van der Waals surface area contributed by atoms with Crippen LogP contribution in [0.2, 0.25) is 15.1 Å². The zero-order valence-electron chi connectivity index (χ0n) is 10.00. The van der Waals surface area contributed by atoms with Gasteiger partial charge in [-0.1, -0.05) is 40.9 Å². The van der Waals surface area contributed by atoms with Crippen molar-refractivity contribution in [3.63, 3.8) is 0 Å². The molecule has 2 aromatic carbocycles. The molecule has 0 heterocycles. The van der Waals surface area contributed by atoms with E-state index in [9.17, 15) is 0 Å². The van der Waals surface area contributed by atoms with E-state index in [0.29, 0.717) is 33.1 Å². The minimum absolute atomic E-state index is 0.522. The number of rotatable bonds is 4. The smallest absolute Gasteiger partial charge is 0.130 e. The fourth-order valence-electron chi connectivity index (χ4n) is 1.67. The Labute approximate surface area is 127 Å². The Hall–Kier alpha value is -0.930. The Bertz CT molecular complexity index is 567. The SMILES string of the molecule is NCCc1ccc(Oc2cc(Cl)cc(Cl)c2)cc1Cl. The van der Waals surface area contributed by atoms with Gasteiger partial charge in [0.05, 0.1) is 0 Å². The Balaban J connectivity index is 2.21. The highest BCUT2D eigenvalue weighted by Gasteiger charge is 2.05. The summed E-state index contributed by atoms with van der Waals surface area (Å²) in [5, 5.41) is 1.68. The van der Waals surface area contributed by atoms with Gasteiger partial charge in [-0.3, -0.25) is 0 Å². The first-order chi connectivity index (χ1) is 9.08. The van der Waals surface area contributed by atoms with E-state index in [1.807, 2.05) is 12.1 Å². The van der Waals surface area contributed by atoms with Crippen molar-refractivity contribution in [1.29, 1.82) is 0 Å². The molecule has 0 aliphatic rings. The Morgan fingerprint density at radius 2 is 1.58 bits per heavy atom. The van der Waals surface area contributed by atoms with Gasteiger partial charge >= 0.3 is 0 Å². The molecule has 0 aromatic heterocycles. The highest BCUT2D eigenvalue weighted by atomic mass is 35.5. The van der Waals surface area contributed by atoms with E-state index < -0.39 is 0 Å². The van der Waals surface area contributed by atoms with Gasteiger partial charge in [-0.05, 0) is 48.9 Å². The molecule has 0 fully saturated rings. The van der Waals surface area contributed by atoms with Gasteiger partial charge in [-0.25, -0.2) is 0 Å². The third-order valence-electron chi connectivity index (χ3n) is 2.51. The molecule has 2 aromatic rings. The summed E-state index contributed by atoms with van der Waals surface area (Å²) in [5.41, 5.74) is 6.51. The van der Waals surface area contributed by atoms with Gasteiger partial charge in [-0.2, -0.15) is 0 Å². The summed E-state index contributed by atoms with van der Waals surface area (Å²) in [4.78, 5) is 0. The summed E-state index contributed by atoms with van der Waals surface area (Å²) in [7, 11) is 0. The van der Waals surface area contributed by atoms with Crippen molar-refractivity contribution in [2.45, 2.75) is 6.42 Å². The third kappa shape index (κ3) is 4.02. The molecule has 0 unspecified atom stereocenters. The third-order valence-corrected chi connectivity index (χ3v) is 3.30. The molecule has 5 heteroatoms. The van der Waals surface area contributed by atoms with Crippen LogP contribution in [0.5, 0.6) is 11.5 Å². The average Bonchev–Trinajstić information content (AvgIpc) is 2.31. The molecule has 0 spiro atoms. The Kier molecular flexibility index (Phi) is 4.94. The fourth-order valence-corrected chi connectivity index (χ4v) is 2.44. The van der Waals surface area contributed by atoms with Crippen molar-refractivity contribution < 1.29 is 4.74 Å². The molecule has 100 valence electrons. The van der Waals surface area contributed by atoms with Gasteiger partial charge in [0.15, 0.2) is 0 Å². The average molecular weight is 317 g/mol. The first-order valence-corrected chi connectivity index (χ1v) is 6.84. The molecule has 19 heavy (non-hydrogen) atoms. The predicted octanol–water partition coefficient (Wildman–Crippen LogP) is 4.94. The topological polar surface area (TPSA) is 35.2 Å². The first kappa shape index (κ1) is 14.5. The van der Waals surface area contributed by atoms with Crippen LogP contribution in [-0.4, -0.2) is 6.54 Å². The molecular weight excluding hydrogens is 305 g/mol. The number of nitrogens with two attached hydrogens (primary N) is 1. The lowest BCUT2D eigenvalue weighted by molar-refractivity contribution is 0.482. The maximum Gasteiger partial charge on any atom is 0.130 e. The second-order valence-electron chi connectivity index (χ2n) is 4.00. The molecule has 0 amide bonds. The van der Waals surface area contributed by atoms with E-state index in [0.717, 1.165) is 12.0 Å². The highest BCUT2D eigenvalue weighted by molar-refractivity contribution is 6.34. The van der Waals surface area contributed by atoms with Gasteiger partial charge < -0.3 is 10.5 Å². The first-order valence-electron chi connectivity index (χ1n) is 5.71. The van der Waals surface area contributed by atoms with Crippen molar-refractivity contribution in [3.05, 3.63) is 57.0 Å². The number of hydrogen-bond acceptors (Lipinski definition) is 2. The van der Waals surface area contributed by atoms with Crippen molar-refractivity contribution in [2.75, 3.05) is 6.54 Å². The fraction of sp³-hybridized carbons (Fsp3) is 0.143. The van der Waals surface area contributed by atoms with Crippen molar-refractivity contribution in [3.8, 4) is 11.5 Å². The zero-order valence-corrected chi connectivity index (χ0v) is 12.3. The zero-order chi connectivity index (χ0) is 13.8. The molecule has 0 saturated heterocycles. The van der Waals surface area contributed by atoms with E-state index >= 15 is 0 Å². The van der Waals surface area contributed by atoms with E-state index in [1.54, 1.807) is 24.3 Å². The normalized spacial score (nSPS) is 10.5. The van der Waals surface area contributed by atoms with E-state index in [4.69, 9.17) is 45.3 Å². The second kappa shape index (κ2) is 6.49. The molecule has 0 aliphatic heterocycles. The standard InChI is InChI=1S/C14H12Cl3NO/c15-10-5-11(16)7-13(6-10)19-12-2-1-9(3-4-18)14(17)8-12/h1-2,5-8H,3-4,18H2. The summed E-state index contributed by atoms with van der Waals surface area (Å²) in [6.07, 6.45) is 0.738. The van der Waals surface area contributed by atoms with Gasteiger partial charge in [-0.15, -0.1) is 0 Å². The number of hydrogen-bond donors (Lipinski definition) is 1. The summed E-state index contributed by atoms with van der Waals surface area (Å²) in [6, 6.07) is 10.5. The molecule has 0 saturated carbocycles. The van der Waals surface area contributed by atoms with Crippen molar-refractivity contribution in [2.24, 2.45) is 5.73 Å². The lowest BCUT2D eigenvalue weighted by Crippen LogP contribution is -2.03. The molecule has 0 radical (unpaired) electrons. The highest BCUT2D eigenvalue weighted by Crippen LogP contribution is 2.30. The van der Waals surface area contributed by atoms with Gasteiger partial charge in [0.1, 0.15) is 11.5 Å². The van der Waals surface area contributed by atoms with Crippen molar-refractivity contribution >= 4 is 34.8 Å². The summed E-state index contributed by atoms with van der Waals surface area (Å²) in [5.74, 6) is 1.20. The van der Waals surface area contributed by atoms with Crippen LogP contribution in [0.25, 0.3) is 0 Å². The van der Waals surface area contributed by atoms with Gasteiger partial charge in [0.25, 0.3) is 0 Å². The summed E-state index contributed by atoms with van der Waals surface area (Å²) < 4.78 is 5.67. The monoisotopic (exact) mass is 315 g/mol. The van der Waals surface area contributed by atoms with Crippen LogP contribution < -0.4 is 10.5 Å². The maximum absolute atomic E-state index is 6.15. The maximum atomic E-state index is 6.15. The van der Waals surface area contributed by atoms with Gasteiger partial charge in [0, 0.05) is 15.1 Å². The van der Waals surface area contributed by atoms with E-state index in [1.165, 1.54) is 0 Å². The van der Waals surface area contributed by atoms with Crippen LogP contribution in [0.4, 0.5) is 0 Å². The lowest BCUT2D eigenvalue weighted by atomic mass is 10.1. The van der Waals surface area contributed by atoms with Crippen LogP contribution in [-0.2, 0) is 6.42 Å². The van der Waals surface area contributed by atoms with Crippen LogP contribution >= 0.6 is 34.8 Å². The summed E-state index contributed by atoms with van der Waals surface area (Å²) >= 11 is 18.0. The molecule has 0 aliphatic carbocycles. The van der Waals surface area contributed by atoms with Crippen molar-refractivity contribution in [1.82, 2.24) is 0 Å². The van der Waals surface area contributed by atoms with Crippen LogP contribution in [0.1, 0.15) is 5.56 Å². The molecule has 2 N–H and O–H groups in total. The largest absolute Gasteiger partial charge is 0.457 e. The van der Waals surface area contributed by atoms with E-state index in [-0.39, 0.29) is 0 Å². The quantitative estimate of drug-likeness (QED) is 0.867. The Morgan fingerprint density at radius 1 is 0.895 bits per heavy atom. The second-order valence-corrected chi connectivity index (χ2v) is 5.28. The molecular formula is C14H12Cl3NO. The molecule has 0 atom stereocenters. The number of benzene rings is 2. The number of halogens is 3. The predicted molar refractivity (Wildman–Crippen MR) is 80.7 cm³/mol. The Morgan fingerprint density at radius 3 is 2.16 bits per heavy atom. The minimum Gasteiger partial charge on any atom is -0.457 e. The van der Waals surface area contributed by atoms with Crippen LogP contribution in [0.15, 0.2) is 36.4 Å². The minimum atomic E-state index is 0.522. The van der Waals surface area contributed by atoms with Crippen LogP contribution in [0.3, 0.4) is 0 Å². The molecule has 0 bridgehead atoms. The molecule has 2 rings (SSSR count).